The maximum Gasteiger partial charge on any atom is 0.328 e. The quantitative estimate of drug-likeness (QED) is 0.496. The number of carboxylic acid groups (broad SMARTS) is 1. The molecule has 0 fully saturated rings. The smallest absolute Gasteiger partial charge is 0.328 e. The van der Waals surface area contributed by atoms with Crippen LogP contribution in [0, 0.1) is 0 Å². The Morgan fingerprint density at radius 2 is 2.08 bits per heavy atom. The van der Waals surface area contributed by atoms with Gasteiger partial charge in [-0.2, -0.15) is 0 Å². The first-order chi connectivity index (χ1) is 6.20. The Bertz CT molecular complexity index is 268. The fourth-order valence-corrected chi connectivity index (χ4v) is 1.09. The van der Waals surface area contributed by atoms with Gasteiger partial charge in [-0.25, -0.2) is 4.79 Å². The monoisotopic (exact) mass is 181 g/mol. The minimum atomic E-state index is -1.10. The molecule has 1 aliphatic rings. The minimum Gasteiger partial charge on any atom is -0.478 e. The molecule has 1 rings (SSSR count). The molecule has 1 heterocycles. The third-order valence-electron chi connectivity index (χ3n) is 1.74. The molecule has 0 unspecified atom stereocenters. The molecule has 0 saturated heterocycles. The average Bonchev–Trinajstić information content (AvgIpc) is 2.15. The van der Waals surface area contributed by atoms with Crippen LogP contribution in [0.3, 0.4) is 0 Å². The van der Waals surface area contributed by atoms with Gasteiger partial charge >= 0.3 is 5.97 Å². The van der Waals surface area contributed by atoms with Crippen molar-refractivity contribution >= 4 is 11.9 Å². The number of carbonyl (C=O) groups is 2. The highest BCUT2D eigenvalue weighted by atomic mass is 16.4. The van der Waals surface area contributed by atoms with Gasteiger partial charge in [0.25, 0.3) is 0 Å². The van der Waals surface area contributed by atoms with Crippen LogP contribution in [0.15, 0.2) is 24.3 Å². The summed E-state index contributed by atoms with van der Waals surface area (Å²) in [6, 6.07) is 0. The topological polar surface area (TPSA) is 57.6 Å². The summed E-state index contributed by atoms with van der Waals surface area (Å²) in [6.45, 7) is 1.24. The molecule has 13 heavy (non-hydrogen) atoms. The molecule has 0 saturated carbocycles. The number of hydrogen-bond donors (Lipinski definition) is 1. The van der Waals surface area contributed by atoms with Crippen LogP contribution in [-0.2, 0) is 9.59 Å². The van der Waals surface area contributed by atoms with Crippen LogP contribution in [0.2, 0.25) is 0 Å². The number of amides is 1. The zero-order chi connectivity index (χ0) is 9.68. The predicted molar refractivity (Wildman–Crippen MR) is 47.1 cm³/mol. The Morgan fingerprint density at radius 1 is 1.31 bits per heavy atom. The second-order valence-corrected chi connectivity index (χ2v) is 2.72. The van der Waals surface area contributed by atoms with E-state index in [9.17, 15) is 9.59 Å². The van der Waals surface area contributed by atoms with E-state index in [2.05, 4.69) is 0 Å². The number of hydrogen-bond acceptors (Lipinski definition) is 2. The Labute approximate surface area is 76.2 Å². The number of carbonyl (C=O) groups excluding carboxylic acids is 1. The highest BCUT2D eigenvalue weighted by molar-refractivity contribution is 5.94. The molecule has 0 aromatic heterocycles. The zero-order valence-electron chi connectivity index (χ0n) is 7.14. The summed E-state index contributed by atoms with van der Waals surface area (Å²) in [5, 5.41) is 8.29. The molecule has 0 spiro atoms. The Hall–Kier alpha value is -1.58. The molecule has 1 aliphatic heterocycles. The number of carboxylic acids is 1. The van der Waals surface area contributed by atoms with Crippen molar-refractivity contribution in [1.82, 2.24) is 4.90 Å². The Morgan fingerprint density at radius 3 is 2.62 bits per heavy atom. The first-order valence-electron chi connectivity index (χ1n) is 4.05. The lowest BCUT2D eigenvalue weighted by Crippen LogP contribution is -2.32. The number of nitrogens with zero attached hydrogens (tertiary/aromatic N) is 1. The van der Waals surface area contributed by atoms with Gasteiger partial charge in [0.15, 0.2) is 0 Å². The normalized spacial score (nSPS) is 16.5. The molecular formula is C9H11NO3. The molecule has 70 valence electrons. The summed E-state index contributed by atoms with van der Waals surface area (Å²) in [4.78, 5) is 23.0. The highest BCUT2D eigenvalue weighted by Crippen LogP contribution is 2.01. The summed E-state index contributed by atoms with van der Waals surface area (Å²) in [5.74, 6) is -1.34. The lowest BCUT2D eigenvalue weighted by Gasteiger charge is -2.21. The van der Waals surface area contributed by atoms with Gasteiger partial charge in [-0.15, -0.1) is 0 Å². The van der Waals surface area contributed by atoms with Crippen LogP contribution >= 0.6 is 0 Å². The predicted octanol–water partition coefficient (Wildman–Crippen LogP) is 0.416. The molecule has 4 heteroatoms. The van der Waals surface area contributed by atoms with E-state index in [0.717, 1.165) is 18.6 Å². The molecule has 0 atom stereocenters. The third-order valence-corrected chi connectivity index (χ3v) is 1.74. The van der Waals surface area contributed by atoms with Crippen molar-refractivity contribution in [1.29, 1.82) is 0 Å². The van der Waals surface area contributed by atoms with Crippen molar-refractivity contribution in [2.45, 2.75) is 6.42 Å². The van der Waals surface area contributed by atoms with E-state index >= 15 is 0 Å². The summed E-state index contributed by atoms with van der Waals surface area (Å²) < 4.78 is 0. The maximum absolute atomic E-state index is 11.2. The molecule has 4 nitrogen and oxygen atoms in total. The fraction of sp³-hybridized carbons (Fsp3) is 0.333. The second-order valence-electron chi connectivity index (χ2n) is 2.72. The lowest BCUT2D eigenvalue weighted by atomic mass is 10.2. The van der Waals surface area contributed by atoms with Gasteiger partial charge in [0, 0.05) is 25.2 Å². The van der Waals surface area contributed by atoms with Gasteiger partial charge in [0.05, 0.1) is 0 Å². The van der Waals surface area contributed by atoms with E-state index < -0.39 is 5.97 Å². The van der Waals surface area contributed by atoms with Crippen molar-refractivity contribution in [2.24, 2.45) is 0 Å². The summed E-state index contributed by atoms with van der Waals surface area (Å²) in [5.41, 5.74) is 0. The molecule has 0 aromatic rings. The number of rotatable bonds is 2. The van der Waals surface area contributed by atoms with E-state index in [-0.39, 0.29) is 5.91 Å². The zero-order valence-corrected chi connectivity index (χ0v) is 7.14. The van der Waals surface area contributed by atoms with Crippen molar-refractivity contribution in [3.63, 3.8) is 0 Å². The van der Waals surface area contributed by atoms with Gasteiger partial charge in [-0.3, -0.25) is 4.79 Å². The molecule has 1 amide bonds. The van der Waals surface area contributed by atoms with E-state index in [1.807, 2.05) is 12.2 Å². The van der Waals surface area contributed by atoms with Crippen LogP contribution < -0.4 is 0 Å². The van der Waals surface area contributed by atoms with Crippen LogP contribution in [0.25, 0.3) is 0 Å². The SMILES string of the molecule is O=C(O)/C=C/C(=O)N1CC=CCC1. The van der Waals surface area contributed by atoms with Crippen molar-refractivity contribution in [3.05, 3.63) is 24.3 Å². The van der Waals surface area contributed by atoms with Crippen molar-refractivity contribution < 1.29 is 14.7 Å². The number of aliphatic carboxylic acids is 1. The van der Waals surface area contributed by atoms with Gasteiger partial charge in [-0.1, -0.05) is 12.2 Å². The lowest BCUT2D eigenvalue weighted by molar-refractivity contribution is -0.132. The van der Waals surface area contributed by atoms with E-state index in [1.54, 1.807) is 4.90 Å². The molecule has 0 aliphatic carbocycles. The highest BCUT2D eigenvalue weighted by Gasteiger charge is 2.10. The van der Waals surface area contributed by atoms with Gasteiger partial charge in [0.1, 0.15) is 0 Å². The van der Waals surface area contributed by atoms with Crippen molar-refractivity contribution in [3.8, 4) is 0 Å². The molecule has 0 bridgehead atoms. The summed E-state index contributed by atoms with van der Waals surface area (Å²) in [6.07, 6.45) is 6.69. The largest absolute Gasteiger partial charge is 0.478 e. The minimum absolute atomic E-state index is 0.244. The third kappa shape index (κ3) is 3.11. The average molecular weight is 181 g/mol. The molecular weight excluding hydrogens is 170 g/mol. The van der Waals surface area contributed by atoms with E-state index in [4.69, 9.17) is 5.11 Å². The first kappa shape index (κ1) is 9.51. The van der Waals surface area contributed by atoms with E-state index in [1.165, 1.54) is 0 Å². The van der Waals surface area contributed by atoms with E-state index in [0.29, 0.717) is 13.1 Å². The molecule has 0 aromatic carbocycles. The van der Waals surface area contributed by atoms with Gasteiger partial charge in [-0.05, 0) is 6.42 Å². The first-order valence-corrected chi connectivity index (χ1v) is 4.05. The van der Waals surface area contributed by atoms with Crippen LogP contribution in [-0.4, -0.2) is 35.0 Å². The van der Waals surface area contributed by atoms with Gasteiger partial charge in [0.2, 0.25) is 5.91 Å². The second kappa shape index (κ2) is 4.45. The Balaban J connectivity index is 2.47. The molecule has 1 N–H and O–H groups in total. The Kier molecular flexibility index (Phi) is 3.25. The standard InChI is InChI=1S/C9H11NO3/c11-8(4-5-9(12)13)10-6-2-1-3-7-10/h1-2,4-5H,3,6-7H2,(H,12,13)/b5-4+. The van der Waals surface area contributed by atoms with Crippen LogP contribution in [0.5, 0.6) is 0 Å². The summed E-state index contributed by atoms with van der Waals surface area (Å²) >= 11 is 0. The summed E-state index contributed by atoms with van der Waals surface area (Å²) in [7, 11) is 0. The van der Waals surface area contributed by atoms with Crippen LogP contribution in [0.4, 0.5) is 0 Å². The fourth-order valence-electron chi connectivity index (χ4n) is 1.09. The van der Waals surface area contributed by atoms with Crippen molar-refractivity contribution in [2.75, 3.05) is 13.1 Å². The molecule has 0 radical (unpaired) electrons. The van der Waals surface area contributed by atoms with Crippen LogP contribution in [0.1, 0.15) is 6.42 Å². The van der Waals surface area contributed by atoms with Gasteiger partial charge < -0.3 is 10.0 Å². The maximum atomic E-state index is 11.2.